The Morgan fingerprint density at radius 2 is 1.15 bits per heavy atom. The summed E-state index contributed by atoms with van der Waals surface area (Å²) in [5.74, 6) is 0.660. The standard InChI is InChI=1S/C26H30N2O4.2ClH/c1-30-26(29)21-14-24(31-17-22(27)12-19-8-4-2-5-9-19)16-25(15-21)32-18-23(28)13-20-10-6-3-7-11-20;;/h2-11,14-16,22-23H,12-13,17-18,27-28H2,1H3;2*1H/t22-,23-;;/m0../s1. The minimum Gasteiger partial charge on any atom is -1.00 e. The summed E-state index contributed by atoms with van der Waals surface area (Å²) in [7, 11) is 1.36. The van der Waals surface area contributed by atoms with Crippen LogP contribution in [0, 0.1) is 0 Å². The van der Waals surface area contributed by atoms with E-state index in [1.54, 1.807) is 18.2 Å². The molecule has 6 N–H and O–H groups in total. The predicted molar refractivity (Wildman–Crippen MR) is 122 cm³/mol. The zero-order valence-electron chi connectivity index (χ0n) is 19.3. The largest absolute Gasteiger partial charge is 1.00 e. The Kier molecular flexibility index (Phi) is 13.1. The number of carbonyl (C=O) groups is 1. The van der Waals surface area contributed by atoms with Gasteiger partial charge in [0.25, 0.3) is 0 Å². The SMILES string of the molecule is COC(=O)c1cc(OC[C@@H]([NH3+])Cc2ccccc2)cc(OC[C@@H]([NH3+])Cc2ccccc2)c1.[Cl-].[Cl-]. The van der Waals surface area contributed by atoms with Crippen LogP contribution in [-0.4, -0.2) is 38.4 Å². The van der Waals surface area contributed by atoms with Gasteiger partial charge in [0, 0.05) is 18.9 Å². The Balaban J connectivity index is 0.00000289. The molecular weight excluding hydrogens is 475 g/mol. The predicted octanol–water partition coefficient (Wildman–Crippen LogP) is -4.05. The van der Waals surface area contributed by atoms with E-state index in [-0.39, 0.29) is 36.9 Å². The summed E-state index contributed by atoms with van der Waals surface area (Å²) in [6, 6.07) is 25.6. The third-order valence-electron chi connectivity index (χ3n) is 5.01. The van der Waals surface area contributed by atoms with Gasteiger partial charge in [0.2, 0.25) is 0 Å². The number of benzene rings is 3. The van der Waals surface area contributed by atoms with Gasteiger partial charge in [0.05, 0.1) is 12.7 Å². The van der Waals surface area contributed by atoms with Gasteiger partial charge < -0.3 is 50.5 Å². The molecule has 0 saturated heterocycles. The molecule has 34 heavy (non-hydrogen) atoms. The van der Waals surface area contributed by atoms with E-state index in [9.17, 15) is 4.79 Å². The summed E-state index contributed by atoms with van der Waals surface area (Å²) in [5.41, 5.74) is 11.2. The van der Waals surface area contributed by atoms with Crippen molar-refractivity contribution < 1.29 is 55.3 Å². The first-order valence-electron chi connectivity index (χ1n) is 10.8. The normalized spacial score (nSPS) is 11.9. The van der Waals surface area contributed by atoms with E-state index in [1.165, 1.54) is 18.2 Å². The number of halogens is 2. The topological polar surface area (TPSA) is 100 Å². The lowest BCUT2D eigenvalue weighted by Crippen LogP contribution is -3.00. The fourth-order valence-corrected chi connectivity index (χ4v) is 3.41. The van der Waals surface area contributed by atoms with Crippen LogP contribution in [0.5, 0.6) is 11.5 Å². The number of hydrogen-bond acceptors (Lipinski definition) is 4. The monoisotopic (exact) mass is 506 g/mol. The first-order valence-corrected chi connectivity index (χ1v) is 10.8. The maximum atomic E-state index is 12.1. The summed E-state index contributed by atoms with van der Waals surface area (Å²) in [4.78, 5) is 12.1. The minimum atomic E-state index is -0.439. The van der Waals surface area contributed by atoms with E-state index in [0.29, 0.717) is 30.3 Å². The zero-order chi connectivity index (χ0) is 22.8. The van der Waals surface area contributed by atoms with Crippen molar-refractivity contribution in [2.75, 3.05) is 20.3 Å². The molecule has 0 amide bonds. The third kappa shape index (κ3) is 9.61. The third-order valence-corrected chi connectivity index (χ3v) is 5.01. The van der Waals surface area contributed by atoms with E-state index in [1.807, 2.05) is 36.4 Å². The van der Waals surface area contributed by atoms with E-state index in [0.717, 1.165) is 12.8 Å². The smallest absolute Gasteiger partial charge is 0.338 e. The first kappa shape index (κ1) is 29.3. The second-order valence-electron chi connectivity index (χ2n) is 7.92. The first-order chi connectivity index (χ1) is 15.5. The summed E-state index contributed by atoms with van der Waals surface area (Å²) in [6.45, 7) is 0.843. The number of rotatable bonds is 11. The maximum absolute atomic E-state index is 12.1. The number of ether oxygens (including phenoxy) is 3. The van der Waals surface area contributed by atoms with E-state index >= 15 is 0 Å². The molecule has 8 heteroatoms. The summed E-state index contributed by atoms with van der Waals surface area (Å²) < 4.78 is 16.8. The quantitative estimate of drug-likeness (QED) is 0.258. The van der Waals surface area contributed by atoms with Crippen LogP contribution in [-0.2, 0) is 17.6 Å². The summed E-state index contributed by atoms with van der Waals surface area (Å²) in [6.07, 6.45) is 1.62. The van der Waals surface area contributed by atoms with Crippen LogP contribution in [0.2, 0.25) is 0 Å². The van der Waals surface area contributed by atoms with Crippen molar-refractivity contribution in [2.24, 2.45) is 0 Å². The second kappa shape index (κ2) is 15.2. The molecule has 0 aromatic heterocycles. The van der Waals surface area contributed by atoms with Crippen LogP contribution < -0.4 is 45.8 Å². The number of esters is 1. The van der Waals surface area contributed by atoms with Crippen molar-refractivity contribution in [3.63, 3.8) is 0 Å². The van der Waals surface area contributed by atoms with Crippen LogP contribution >= 0.6 is 0 Å². The Bertz CT molecular complexity index is 921. The van der Waals surface area contributed by atoms with Gasteiger partial charge in [-0.3, -0.25) is 0 Å². The van der Waals surface area contributed by atoms with Gasteiger partial charge in [-0.25, -0.2) is 4.79 Å². The average molecular weight is 507 g/mol. The van der Waals surface area contributed by atoms with Crippen LogP contribution in [0.4, 0.5) is 0 Å². The van der Waals surface area contributed by atoms with Gasteiger partial charge in [0.15, 0.2) is 0 Å². The number of methoxy groups -OCH3 is 1. The van der Waals surface area contributed by atoms with Crippen molar-refractivity contribution >= 4 is 5.97 Å². The van der Waals surface area contributed by atoms with E-state index in [2.05, 4.69) is 35.7 Å². The molecule has 0 fully saturated rings. The lowest BCUT2D eigenvalue weighted by Gasteiger charge is -2.15. The fourth-order valence-electron chi connectivity index (χ4n) is 3.41. The van der Waals surface area contributed by atoms with Crippen molar-refractivity contribution in [1.29, 1.82) is 0 Å². The molecule has 3 aromatic carbocycles. The molecule has 0 spiro atoms. The fraction of sp³-hybridized carbons (Fsp3) is 0.269. The highest BCUT2D eigenvalue weighted by molar-refractivity contribution is 5.90. The zero-order valence-corrected chi connectivity index (χ0v) is 20.8. The average Bonchev–Trinajstić information content (AvgIpc) is 2.82. The molecule has 6 nitrogen and oxygen atoms in total. The molecule has 0 heterocycles. The molecule has 0 saturated carbocycles. The maximum Gasteiger partial charge on any atom is 0.338 e. The molecule has 0 radical (unpaired) electrons. The van der Waals surface area contributed by atoms with Gasteiger partial charge in [-0.1, -0.05) is 60.7 Å². The number of hydrogen-bond donors (Lipinski definition) is 2. The molecular formula is C26H32Cl2N2O4. The molecule has 2 atom stereocenters. The number of quaternary nitrogens is 2. The molecule has 3 rings (SSSR count). The van der Waals surface area contributed by atoms with Crippen LogP contribution in [0.1, 0.15) is 21.5 Å². The van der Waals surface area contributed by atoms with Crippen molar-refractivity contribution in [2.45, 2.75) is 24.9 Å². The van der Waals surface area contributed by atoms with Gasteiger partial charge in [-0.15, -0.1) is 0 Å². The van der Waals surface area contributed by atoms with Gasteiger partial charge in [-0.2, -0.15) is 0 Å². The Morgan fingerprint density at radius 1 is 0.735 bits per heavy atom. The molecule has 0 aliphatic carbocycles. The highest BCUT2D eigenvalue weighted by Crippen LogP contribution is 2.24. The van der Waals surface area contributed by atoms with Gasteiger partial charge in [0.1, 0.15) is 36.8 Å². The second-order valence-corrected chi connectivity index (χ2v) is 7.92. The highest BCUT2D eigenvalue weighted by Gasteiger charge is 2.15. The van der Waals surface area contributed by atoms with Crippen LogP contribution in [0.3, 0.4) is 0 Å². The van der Waals surface area contributed by atoms with Crippen LogP contribution in [0.15, 0.2) is 78.9 Å². The minimum absolute atomic E-state index is 0. The van der Waals surface area contributed by atoms with Gasteiger partial charge in [-0.05, 0) is 23.3 Å². The van der Waals surface area contributed by atoms with Gasteiger partial charge >= 0.3 is 5.97 Å². The highest BCUT2D eigenvalue weighted by atomic mass is 35.5. The van der Waals surface area contributed by atoms with Crippen LogP contribution in [0.25, 0.3) is 0 Å². The Morgan fingerprint density at radius 3 is 1.53 bits per heavy atom. The molecule has 0 bridgehead atoms. The Labute approximate surface area is 213 Å². The van der Waals surface area contributed by atoms with Crippen molar-refractivity contribution in [3.05, 3.63) is 95.6 Å². The number of carbonyl (C=O) groups excluding carboxylic acids is 1. The molecule has 0 unspecified atom stereocenters. The van der Waals surface area contributed by atoms with E-state index in [4.69, 9.17) is 14.2 Å². The summed E-state index contributed by atoms with van der Waals surface area (Å²) in [5, 5.41) is 0. The summed E-state index contributed by atoms with van der Waals surface area (Å²) >= 11 is 0. The van der Waals surface area contributed by atoms with Crippen molar-refractivity contribution in [3.8, 4) is 11.5 Å². The molecule has 184 valence electrons. The lowest BCUT2D eigenvalue weighted by molar-refractivity contribution is -0.423. The Hall–Kier alpha value is -2.77. The molecule has 0 aliphatic rings. The lowest BCUT2D eigenvalue weighted by atomic mass is 10.1. The van der Waals surface area contributed by atoms with E-state index < -0.39 is 5.97 Å². The van der Waals surface area contributed by atoms with Crippen molar-refractivity contribution in [1.82, 2.24) is 0 Å². The molecule has 0 aliphatic heterocycles. The molecule has 3 aromatic rings.